The van der Waals surface area contributed by atoms with Gasteiger partial charge in [0.05, 0.1) is 4.90 Å². The van der Waals surface area contributed by atoms with Gasteiger partial charge in [0.25, 0.3) is 0 Å². The van der Waals surface area contributed by atoms with Gasteiger partial charge in [-0.2, -0.15) is 0 Å². The van der Waals surface area contributed by atoms with E-state index in [1.165, 1.54) is 23.3 Å². The topological polar surface area (TPSA) is 46.2 Å². The van der Waals surface area contributed by atoms with E-state index in [1.54, 1.807) is 12.1 Å². The van der Waals surface area contributed by atoms with Gasteiger partial charge < -0.3 is 0 Å². The van der Waals surface area contributed by atoms with Crippen LogP contribution in [0.25, 0.3) is 0 Å². The molecule has 0 aromatic heterocycles. The van der Waals surface area contributed by atoms with Gasteiger partial charge >= 0.3 is 0 Å². The van der Waals surface area contributed by atoms with Crippen LogP contribution in [0, 0.1) is 13.0 Å². The van der Waals surface area contributed by atoms with Crippen LogP contribution in [0.1, 0.15) is 23.1 Å². The molecule has 115 valence electrons. The van der Waals surface area contributed by atoms with Crippen molar-refractivity contribution in [3.05, 3.63) is 64.2 Å². The van der Waals surface area contributed by atoms with Gasteiger partial charge in [-0.05, 0) is 73.2 Å². The van der Waals surface area contributed by atoms with Gasteiger partial charge in [0.2, 0.25) is 10.0 Å². The Hall–Kier alpha value is -1.36. The monoisotopic (exact) mass is 334 g/mol. The summed E-state index contributed by atoms with van der Waals surface area (Å²) in [5.41, 5.74) is 3.61. The Balaban J connectivity index is 1.76. The van der Waals surface area contributed by atoms with Crippen molar-refractivity contribution in [3.8, 4) is 0 Å². The molecule has 3 nitrogen and oxygen atoms in total. The summed E-state index contributed by atoms with van der Waals surface area (Å²) in [6.45, 7) is 2.02. The zero-order chi connectivity index (χ0) is 15.7. The first-order valence-electron chi connectivity index (χ1n) is 7.22. The molecule has 0 saturated carbocycles. The summed E-state index contributed by atoms with van der Waals surface area (Å²) in [4.78, 5) is 0.248. The Kier molecular flexibility index (Phi) is 4.26. The number of nitrogens with one attached hydrogen (secondary N) is 1. The number of benzene rings is 2. The van der Waals surface area contributed by atoms with Gasteiger partial charge in [-0.1, -0.05) is 23.7 Å². The van der Waals surface area contributed by atoms with Crippen molar-refractivity contribution in [1.82, 2.24) is 4.72 Å². The Morgan fingerprint density at radius 1 is 1.23 bits per heavy atom. The average Bonchev–Trinajstić information content (AvgIpc) is 2.47. The molecule has 0 unspecified atom stereocenters. The number of fused-ring (bicyclic) bond motifs is 1. The predicted molar refractivity (Wildman–Crippen MR) is 87.6 cm³/mol. The predicted octanol–water partition coefficient (Wildman–Crippen LogP) is 3.28. The molecule has 3 rings (SSSR count). The molecule has 5 heteroatoms. The molecule has 0 saturated heterocycles. The van der Waals surface area contributed by atoms with Crippen LogP contribution in [0.4, 0.5) is 0 Å². The highest BCUT2D eigenvalue weighted by Gasteiger charge is 2.24. The van der Waals surface area contributed by atoms with Crippen LogP contribution >= 0.6 is 11.6 Å². The van der Waals surface area contributed by atoms with E-state index in [-0.39, 0.29) is 10.9 Å². The normalized spacial score (nSPS) is 18.0. The van der Waals surface area contributed by atoms with Crippen LogP contribution in [0.2, 0.25) is 5.02 Å². The average molecular weight is 335 g/mol. The fourth-order valence-corrected chi connectivity index (χ4v) is 4.21. The smallest absolute Gasteiger partial charge is 0.208 e. The molecule has 1 atom stereocenters. The van der Waals surface area contributed by atoms with Crippen molar-refractivity contribution in [2.75, 3.05) is 0 Å². The first-order chi connectivity index (χ1) is 10.4. The first-order valence-corrected chi connectivity index (χ1v) is 9.08. The van der Waals surface area contributed by atoms with Crippen molar-refractivity contribution in [3.63, 3.8) is 0 Å². The molecule has 2 aromatic carbocycles. The van der Waals surface area contributed by atoms with Crippen LogP contribution in [-0.4, -0.2) is 14.5 Å². The van der Waals surface area contributed by atoms with Gasteiger partial charge in [-0.15, -0.1) is 0 Å². The SMILES string of the molecule is Cc1[c]cc2c(c1)CC[C@@H](NS(=O)(=O)c1ccc(Cl)cc1)C2. The third-order valence-corrected chi connectivity index (χ3v) is 5.74. The van der Waals surface area contributed by atoms with Crippen LogP contribution in [-0.2, 0) is 22.9 Å². The summed E-state index contributed by atoms with van der Waals surface area (Å²) >= 11 is 5.80. The van der Waals surface area contributed by atoms with E-state index < -0.39 is 10.0 Å². The number of hydrogen-bond acceptors (Lipinski definition) is 2. The summed E-state index contributed by atoms with van der Waals surface area (Å²) in [5, 5.41) is 0.524. The number of rotatable bonds is 3. The number of aryl methyl sites for hydroxylation is 2. The molecule has 0 heterocycles. The summed E-state index contributed by atoms with van der Waals surface area (Å²) in [6.07, 6.45) is 2.40. The minimum Gasteiger partial charge on any atom is -0.208 e. The third-order valence-electron chi connectivity index (χ3n) is 3.95. The van der Waals surface area contributed by atoms with Gasteiger partial charge in [0.1, 0.15) is 0 Å². The maximum absolute atomic E-state index is 12.4. The van der Waals surface area contributed by atoms with Crippen molar-refractivity contribution in [2.45, 2.75) is 37.1 Å². The van der Waals surface area contributed by atoms with Crippen LogP contribution < -0.4 is 4.72 Å². The summed E-state index contributed by atoms with van der Waals surface area (Å²) in [5.74, 6) is 0. The minimum absolute atomic E-state index is 0.0794. The first kappa shape index (κ1) is 15.5. The van der Waals surface area contributed by atoms with Gasteiger partial charge in [0, 0.05) is 11.1 Å². The lowest BCUT2D eigenvalue weighted by Crippen LogP contribution is -2.38. The lowest BCUT2D eigenvalue weighted by Gasteiger charge is -2.25. The van der Waals surface area contributed by atoms with E-state index in [0.717, 1.165) is 18.4 Å². The number of halogens is 1. The molecule has 0 aliphatic heterocycles. The molecule has 0 amide bonds. The molecular weight excluding hydrogens is 318 g/mol. The molecule has 1 aliphatic rings. The van der Waals surface area contributed by atoms with Crippen LogP contribution in [0.15, 0.2) is 41.3 Å². The van der Waals surface area contributed by atoms with Gasteiger partial charge in [-0.3, -0.25) is 0 Å². The highest BCUT2D eigenvalue weighted by atomic mass is 35.5. The minimum atomic E-state index is -3.51. The second-order valence-corrected chi connectivity index (χ2v) is 7.83. The molecule has 0 spiro atoms. The lowest BCUT2D eigenvalue weighted by molar-refractivity contribution is 0.507. The zero-order valence-electron chi connectivity index (χ0n) is 12.3. The Morgan fingerprint density at radius 3 is 2.68 bits per heavy atom. The summed E-state index contributed by atoms with van der Waals surface area (Å²) in [7, 11) is -3.51. The molecule has 2 aromatic rings. The molecule has 1 radical (unpaired) electrons. The van der Waals surface area contributed by atoms with Crippen LogP contribution in [0.3, 0.4) is 0 Å². The quantitative estimate of drug-likeness (QED) is 0.936. The number of hydrogen-bond donors (Lipinski definition) is 1. The fourth-order valence-electron chi connectivity index (χ4n) is 2.81. The van der Waals surface area contributed by atoms with Gasteiger partial charge in [0.15, 0.2) is 0 Å². The van der Waals surface area contributed by atoms with Crippen LogP contribution in [0.5, 0.6) is 0 Å². The van der Waals surface area contributed by atoms with Gasteiger partial charge in [-0.25, -0.2) is 13.1 Å². The van der Waals surface area contributed by atoms with Crippen molar-refractivity contribution in [1.29, 1.82) is 0 Å². The van der Waals surface area contributed by atoms with Crippen molar-refractivity contribution < 1.29 is 8.42 Å². The van der Waals surface area contributed by atoms with E-state index in [1.807, 2.05) is 13.0 Å². The number of sulfonamides is 1. The van der Waals surface area contributed by atoms with E-state index in [9.17, 15) is 8.42 Å². The molecule has 0 bridgehead atoms. The highest BCUT2D eigenvalue weighted by molar-refractivity contribution is 7.89. The molecule has 22 heavy (non-hydrogen) atoms. The molecule has 1 aliphatic carbocycles. The van der Waals surface area contributed by atoms with E-state index in [4.69, 9.17) is 11.6 Å². The maximum Gasteiger partial charge on any atom is 0.240 e. The third kappa shape index (κ3) is 3.35. The van der Waals surface area contributed by atoms with Crippen molar-refractivity contribution >= 4 is 21.6 Å². The van der Waals surface area contributed by atoms with E-state index in [0.29, 0.717) is 11.4 Å². The second kappa shape index (κ2) is 6.03. The fraction of sp³-hybridized carbons (Fsp3) is 0.294. The Bertz CT molecular complexity index is 785. The summed E-state index contributed by atoms with van der Waals surface area (Å²) in [6, 6.07) is 13.5. The lowest BCUT2D eigenvalue weighted by atomic mass is 9.88. The Labute approximate surface area is 136 Å². The second-order valence-electron chi connectivity index (χ2n) is 5.68. The largest absolute Gasteiger partial charge is 0.240 e. The molecular formula is C17H17ClNO2S. The van der Waals surface area contributed by atoms with E-state index in [2.05, 4.69) is 16.9 Å². The maximum atomic E-state index is 12.4. The summed E-state index contributed by atoms with van der Waals surface area (Å²) < 4.78 is 27.6. The standard InChI is InChI=1S/C17H17ClNO2S/c1-12-2-3-14-11-16(7-4-13(14)10-12)19-22(20,21)17-8-5-15(18)6-9-17/h3,5-6,8-10,16,19H,4,7,11H2,1H3/t16-/m1/s1. The van der Waals surface area contributed by atoms with Crippen molar-refractivity contribution in [2.24, 2.45) is 0 Å². The zero-order valence-corrected chi connectivity index (χ0v) is 13.8. The Morgan fingerprint density at radius 2 is 1.95 bits per heavy atom. The molecule has 1 N–H and O–H groups in total. The van der Waals surface area contributed by atoms with E-state index >= 15 is 0 Å². The molecule has 0 fully saturated rings. The highest BCUT2D eigenvalue weighted by Crippen LogP contribution is 2.24.